The molecule has 6 nitrogen and oxygen atoms in total. The van der Waals surface area contributed by atoms with E-state index in [4.69, 9.17) is 4.74 Å². The number of likely N-dealkylation sites (N-methyl/N-ethyl adjacent to an activating group) is 1. The molecule has 0 saturated carbocycles. The van der Waals surface area contributed by atoms with Crippen LogP contribution in [0.1, 0.15) is 12.8 Å². The van der Waals surface area contributed by atoms with Crippen LogP contribution in [-0.2, 0) is 4.74 Å². The van der Waals surface area contributed by atoms with E-state index < -0.39 is 0 Å². The normalized spacial score (nSPS) is 18.3. The van der Waals surface area contributed by atoms with Crippen LogP contribution >= 0.6 is 0 Å². The molecule has 1 N–H and O–H groups in total. The molecule has 104 valence electrons. The number of para-hydroxylation sites is 1. The van der Waals surface area contributed by atoms with Crippen LogP contribution in [0.2, 0.25) is 0 Å². The smallest absolute Gasteiger partial charge is 0.315 e. The van der Waals surface area contributed by atoms with E-state index in [1.807, 2.05) is 18.0 Å². The zero-order chi connectivity index (χ0) is 13.8. The van der Waals surface area contributed by atoms with Crippen molar-refractivity contribution in [2.75, 3.05) is 37.5 Å². The van der Waals surface area contributed by atoms with Crippen molar-refractivity contribution >= 4 is 17.1 Å². The predicted octanol–water partition coefficient (Wildman–Crippen LogP) is 2.25. The van der Waals surface area contributed by atoms with Gasteiger partial charge in [0.25, 0.3) is 0 Å². The Balaban J connectivity index is 2.24. The molecule has 0 aromatic heterocycles. The first kappa shape index (κ1) is 13.6. The molecule has 1 aliphatic heterocycles. The molecule has 1 aromatic rings. The lowest BCUT2D eigenvalue weighted by molar-refractivity contribution is -0.383. The summed E-state index contributed by atoms with van der Waals surface area (Å²) in [4.78, 5) is 12.8. The molecule has 1 fully saturated rings. The fraction of sp³-hybridized carbons (Fsp3) is 0.538. The van der Waals surface area contributed by atoms with Crippen LogP contribution < -0.4 is 10.2 Å². The van der Waals surface area contributed by atoms with Gasteiger partial charge < -0.3 is 15.0 Å². The highest BCUT2D eigenvalue weighted by Crippen LogP contribution is 2.35. The second-order valence-electron chi connectivity index (χ2n) is 4.70. The van der Waals surface area contributed by atoms with Crippen LogP contribution in [0.3, 0.4) is 0 Å². The molecule has 1 unspecified atom stereocenters. The molecule has 0 spiro atoms. The zero-order valence-electron chi connectivity index (χ0n) is 11.3. The van der Waals surface area contributed by atoms with Crippen molar-refractivity contribution in [3.8, 4) is 0 Å². The average molecular weight is 265 g/mol. The van der Waals surface area contributed by atoms with Crippen LogP contribution in [0.15, 0.2) is 18.2 Å². The van der Waals surface area contributed by atoms with Gasteiger partial charge >= 0.3 is 5.69 Å². The van der Waals surface area contributed by atoms with Gasteiger partial charge in [0.2, 0.25) is 0 Å². The number of benzene rings is 1. The van der Waals surface area contributed by atoms with E-state index >= 15 is 0 Å². The average Bonchev–Trinajstić information content (AvgIpc) is 2.90. The Hall–Kier alpha value is -1.82. The van der Waals surface area contributed by atoms with Gasteiger partial charge in [-0.2, -0.15) is 0 Å². The lowest BCUT2D eigenvalue weighted by Crippen LogP contribution is -2.29. The van der Waals surface area contributed by atoms with Gasteiger partial charge in [0.1, 0.15) is 11.4 Å². The Morgan fingerprint density at radius 1 is 1.58 bits per heavy atom. The van der Waals surface area contributed by atoms with Gasteiger partial charge in [-0.25, -0.2) is 0 Å². The van der Waals surface area contributed by atoms with E-state index in [0.29, 0.717) is 17.9 Å². The van der Waals surface area contributed by atoms with Gasteiger partial charge in [-0.3, -0.25) is 10.1 Å². The van der Waals surface area contributed by atoms with Gasteiger partial charge in [0, 0.05) is 27.2 Å². The molecule has 19 heavy (non-hydrogen) atoms. The summed E-state index contributed by atoms with van der Waals surface area (Å²) in [5.41, 5.74) is 1.26. The summed E-state index contributed by atoms with van der Waals surface area (Å²) >= 11 is 0. The highest BCUT2D eigenvalue weighted by Gasteiger charge is 2.24. The van der Waals surface area contributed by atoms with Gasteiger partial charge in [0.15, 0.2) is 0 Å². The van der Waals surface area contributed by atoms with Crippen molar-refractivity contribution in [1.82, 2.24) is 0 Å². The van der Waals surface area contributed by atoms with E-state index in [0.717, 1.165) is 19.4 Å². The summed E-state index contributed by atoms with van der Waals surface area (Å²) in [5.74, 6) is 0. The molecule has 1 heterocycles. The molecule has 0 radical (unpaired) electrons. The monoisotopic (exact) mass is 265 g/mol. The quantitative estimate of drug-likeness (QED) is 0.653. The third kappa shape index (κ3) is 2.96. The van der Waals surface area contributed by atoms with Crippen molar-refractivity contribution in [3.05, 3.63) is 28.3 Å². The van der Waals surface area contributed by atoms with Crippen LogP contribution in [-0.4, -0.2) is 38.3 Å². The van der Waals surface area contributed by atoms with E-state index in [9.17, 15) is 10.1 Å². The summed E-state index contributed by atoms with van der Waals surface area (Å²) in [6, 6.07) is 5.30. The molecule has 0 bridgehead atoms. The third-order valence-corrected chi connectivity index (χ3v) is 3.38. The molecular weight excluding hydrogens is 246 g/mol. The molecule has 1 aromatic carbocycles. The number of hydrogen-bond acceptors (Lipinski definition) is 5. The van der Waals surface area contributed by atoms with Crippen LogP contribution in [0.25, 0.3) is 0 Å². The summed E-state index contributed by atoms with van der Waals surface area (Å²) in [6.07, 6.45) is 2.25. The number of hydrogen-bond donors (Lipinski definition) is 1. The highest BCUT2D eigenvalue weighted by atomic mass is 16.6. The van der Waals surface area contributed by atoms with Crippen molar-refractivity contribution in [1.29, 1.82) is 0 Å². The van der Waals surface area contributed by atoms with Crippen molar-refractivity contribution in [3.63, 3.8) is 0 Å². The standard InChI is InChI=1S/C13H19N3O3/c1-14-11-6-3-7-12(13(11)16(17)18)15(2)9-10-5-4-8-19-10/h3,6-7,10,14H,4-5,8-9H2,1-2H3. The summed E-state index contributed by atoms with van der Waals surface area (Å²) < 4.78 is 5.57. The Morgan fingerprint density at radius 3 is 2.95 bits per heavy atom. The number of rotatable bonds is 5. The number of nitrogens with zero attached hydrogens (tertiary/aromatic N) is 2. The van der Waals surface area contributed by atoms with Crippen molar-refractivity contribution in [2.45, 2.75) is 18.9 Å². The number of nitro benzene ring substituents is 1. The SMILES string of the molecule is CNc1cccc(N(C)CC2CCCO2)c1[N+](=O)[O-]. The topological polar surface area (TPSA) is 67.6 Å². The Bertz CT molecular complexity index is 458. The number of nitro groups is 1. The molecule has 1 aliphatic rings. The van der Waals surface area contributed by atoms with Gasteiger partial charge in [-0.1, -0.05) is 6.07 Å². The highest BCUT2D eigenvalue weighted by molar-refractivity contribution is 5.76. The number of anilines is 2. The zero-order valence-corrected chi connectivity index (χ0v) is 11.3. The Morgan fingerprint density at radius 2 is 2.37 bits per heavy atom. The van der Waals surface area contributed by atoms with Gasteiger partial charge in [0.05, 0.1) is 11.0 Å². The van der Waals surface area contributed by atoms with Crippen LogP contribution in [0.5, 0.6) is 0 Å². The molecular formula is C13H19N3O3. The first-order valence-electron chi connectivity index (χ1n) is 6.41. The maximum absolute atomic E-state index is 11.3. The Labute approximate surface area is 112 Å². The fourth-order valence-electron chi connectivity index (χ4n) is 2.43. The second kappa shape index (κ2) is 5.88. The maximum Gasteiger partial charge on any atom is 0.315 e. The summed E-state index contributed by atoms with van der Waals surface area (Å²) in [7, 11) is 3.55. The molecule has 1 saturated heterocycles. The lowest BCUT2D eigenvalue weighted by Gasteiger charge is -2.23. The molecule has 6 heteroatoms. The minimum absolute atomic E-state index is 0.116. The first-order valence-corrected chi connectivity index (χ1v) is 6.41. The predicted molar refractivity (Wildman–Crippen MR) is 74.9 cm³/mol. The maximum atomic E-state index is 11.3. The van der Waals surface area contributed by atoms with Crippen LogP contribution in [0.4, 0.5) is 17.1 Å². The van der Waals surface area contributed by atoms with E-state index in [-0.39, 0.29) is 16.7 Å². The van der Waals surface area contributed by atoms with Crippen molar-refractivity contribution < 1.29 is 9.66 Å². The van der Waals surface area contributed by atoms with Gasteiger partial charge in [-0.05, 0) is 25.0 Å². The molecule has 2 rings (SSSR count). The number of ether oxygens (including phenoxy) is 1. The second-order valence-corrected chi connectivity index (χ2v) is 4.70. The third-order valence-electron chi connectivity index (χ3n) is 3.38. The summed E-state index contributed by atoms with van der Waals surface area (Å²) in [5, 5.41) is 14.1. The number of nitrogens with one attached hydrogen (secondary N) is 1. The molecule has 0 aliphatic carbocycles. The largest absolute Gasteiger partial charge is 0.382 e. The van der Waals surface area contributed by atoms with Crippen LogP contribution in [0, 0.1) is 10.1 Å². The van der Waals surface area contributed by atoms with Crippen molar-refractivity contribution in [2.24, 2.45) is 0 Å². The lowest BCUT2D eigenvalue weighted by atomic mass is 10.2. The minimum atomic E-state index is -0.340. The Kier molecular flexibility index (Phi) is 4.21. The minimum Gasteiger partial charge on any atom is -0.382 e. The molecule has 0 amide bonds. The molecule has 1 atom stereocenters. The van der Waals surface area contributed by atoms with E-state index in [1.54, 1.807) is 19.2 Å². The van der Waals surface area contributed by atoms with E-state index in [1.165, 1.54) is 0 Å². The fourth-order valence-corrected chi connectivity index (χ4v) is 2.43. The van der Waals surface area contributed by atoms with Gasteiger partial charge in [-0.15, -0.1) is 0 Å². The first-order chi connectivity index (χ1) is 9.13. The van der Waals surface area contributed by atoms with E-state index in [2.05, 4.69) is 5.32 Å². The summed E-state index contributed by atoms with van der Waals surface area (Å²) in [6.45, 7) is 1.46.